The van der Waals surface area contributed by atoms with Crippen molar-refractivity contribution in [1.29, 1.82) is 0 Å². The lowest BCUT2D eigenvalue weighted by atomic mass is 10.1. The second-order valence-corrected chi connectivity index (χ2v) is 7.65. The molecule has 0 spiro atoms. The van der Waals surface area contributed by atoms with Gasteiger partial charge in [-0.1, -0.05) is 39.0 Å². The molecule has 1 aromatic heterocycles. The number of ketones is 1. The van der Waals surface area contributed by atoms with Crippen molar-refractivity contribution in [2.75, 3.05) is 11.9 Å². The zero-order chi connectivity index (χ0) is 22.3. The standard InChI is InChI=1S/C23H31N3O4/c1-6-12-26-16(4)13-19(17(26)5)20(27)14-30-22(28)21(15(2)3)25-23(29)24-18-10-8-7-9-11-18/h7-11,13,15,21H,6,12,14H2,1-5H3,(H2,24,25,29)/t21-/m0/s1. The molecule has 2 rings (SSSR count). The van der Waals surface area contributed by atoms with Gasteiger partial charge in [0.05, 0.1) is 0 Å². The fourth-order valence-corrected chi connectivity index (χ4v) is 3.28. The first-order valence-corrected chi connectivity index (χ1v) is 10.2. The summed E-state index contributed by atoms with van der Waals surface area (Å²) in [6, 6.07) is 9.38. The van der Waals surface area contributed by atoms with E-state index in [0.717, 1.165) is 24.4 Å². The number of amides is 2. The van der Waals surface area contributed by atoms with Crippen LogP contribution in [0.1, 0.15) is 48.9 Å². The number of benzene rings is 1. The van der Waals surface area contributed by atoms with E-state index in [9.17, 15) is 14.4 Å². The average Bonchev–Trinajstić information content (AvgIpc) is 2.99. The van der Waals surface area contributed by atoms with Gasteiger partial charge in [-0.25, -0.2) is 9.59 Å². The third kappa shape index (κ3) is 5.95. The first-order valence-electron chi connectivity index (χ1n) is 10.2. The van der Waals surface area contributed by atoms with Crippen LogP contribution in [0.25, 0.3) is 0 Å². The van der Waals surface area contributed by atoms with Crippen molar-refractivity contribution >= 4 is 23.5 Å². The van der Waals surface area contributed by atoms with Crippen LogP contribution in [0, 0.1) is 19.8 Å². The number of nitrogens with one attached hydrogen (secondary N) is 2. The molecule has 1 atom stereocenters. The monoisotopic (exact) mass is 413 g/mol. The van der Waals surface area contributed by atoms with Gasteiger partial charge in [0, 0.05) is 29.2 Å². The van der Waals surface area contributed by atoms with Crippen molar-refractivity contribution < 1.29 is 19.1 Å². The Balaban J connectivity index is 1.97. The number of para-hydroxylation sites is 1. The van der Waals surface area contributed by atoms with E-state index in [1.807, 2.05) is 26.0 Å². The minimum absolute atomic E-state index is 0.205. The van der Waals surface area contributed by atoms with E-state index in [0.29, 0.717) is 11.3 Å². The first-order chi connectivity index (χ1) is 14.2. The second-order valence-electron chi connectivity index (χ2n) is 7.65. The SMILES string of the molecule is CCCn1c(C)cc(C(=O)COC(=O)[C@@H](NC(=O)Nc2ccccc2)C(C)C)c1C. The Kier molecular flexibility index (Phi) is 8.21. The van der Waals surface area contributed by atoms with Crippen molar-refractivity contribution in [3.05, 3.63) is 53.3 Å². The number of urea groups is 1. The number of hydrogen-bond donors (Lipinski definition) is 2. The molecule has 0 aliphatic rings. The molecular weight excluding hydrogens is 382 g/mol. The van der Waals surface area contributed by atoms with Gasteiger partial charge in [-0.15, -0.1) is 0 Å². The smallest absolute Gasteiger partial charge is 0.329 e. The zero-order valence-electron chi connectivity index (χ0n) is 18.3. The van der Waals surface area contributed by atoms with Crippen LogP contribution in [0.15, 0.2) is 36.4 Å². The van der Waals surface area contributed by atoms with Crippen molar-refractivity contribution in [3.63, 3.8) is 0 Å². The average molecular weight is 414 g/mol. The number of nitrogens with zero attached hydrogens (tertiary/aromatic N) is 1. The third-order valence-electron chi connectivity index (χ3n) is 4.91. The molecule has 0 fully saturated rings. The van der Waals surface area contributed by atoms with Gasteiger partial charge in [-0.3, -0.25) is 4.79 Å². The Morgan fingerprint density at radius 3 is 2.37 bits per heavy atom. The highest BCUT2D eigenvalue weighted by molar-refractivity contribution is 5.99. The summed E-state index contributed by atoms with van der Waals surface area (Å²) in [4.78, 5) is 37.4. The summed E-state index contributed by atoms with van der Waals surface area (Å²) >= 11 is 0. The third-order valence-corrected chi connectivity index (χ3v) is 4.91. The highest BCUT2D eigenvalue weighted by atomic mass is 16.5. The number of hydrogen-bond acceptors (Lipinski definition) is 4. The van der Waals surface area contributed by atoms with Crippen LogP contribution in [0.5, 0.6) is 0 Å². The molecule has 7 nitrogen and oxygen atoms in total. The van der Waals surface area contributed by atoms with Gasteiger partial charge in [0.15, 0.2) is 6.61 Å². The van der Waals surface area contributed by atoms with Crippen LogP contribution in [0.4, 0.5) is 10.5 Å². The maximum Gasteiger partial charge on any atom is 0.329 e. The van der Waals surface area contributed by atoms with Crippen molar-refractivity contribution in [3.8, 4) is 0 Å². The molecule has 0 saturated carbocycles. The molecule has 0 aliphatic carbocycles. The summed E-state index contributed by atoms with van der Waals surface area (Å²) < 4.78 is 7.34. The fourth-order valence-electron chi connectivity index (χ4n) is 3.28. The molecule has 0 saturated heterocycles. The zero-order valence-corrected chi connectivity index (χ0v) is 18.3. The summed E-state index contributed by atoms with van der Waals surface area (Å²) in [6.07, 6.45) is 0.964. The van der Waals surface area contributed by atoms with Crippen LogP contribution in [0.2, 0.25) is 0 Å². The Hall–Kier alpha value is -3.09. The Labute approximate surface area is 177 Å². The number of rotatable bonds is 9. The number of Topliss-reactive ketones (excluding diaryl/α,β-unsaturated/α-hetero) is 1. The number of aromatic nitrogens is 1. The van der Waals surface area contributed by atoms with Crippen molar-refractivity contribution in [1.82, 2.24) is 9.88 Å². The van der Waals surface area contributed by atoms with E-state index in [2.05, 4.69) is 22.1 Å². The number of carbonyl (C=O) groups excluding carboxylic acids is 3. The number of carbonyl (C=O) groups is 3. The molecule has 2 amide bonds. The van der Waals surface area contributed by atoms with Gasteiger partial charge < -0.3 is 19.9 Å². The van der Waals surface area contributed by atoms with Crippen molar-refractivity contribution in [2.24, 2.45) is 5.92 Å². The molecule has 0 unspecified atom stereocenters. The number of anilines is 1. The molecule has 7 heteroatoms. The Morgan fingerprint density at radius 1 is 1.10 bits per heavy atom. The van der Waals surface area contributed by atoms with Gasteiger partial charge in [0.25, 0.3) is 0 Å². The largest absolute Gasteiger partial charge is 0.456 e. The number of aryl methyl sites for hydroxylation is 1. The van der Waals surface area contributed by atoms with E-state index in [-0.39, 0.29) is 18.3 Å². The quantitative estimate of drug-likeness (QED) is 0.479. The predicted octanol–water partition coefficient (Wildman–Crippen LogP) is 4.09. The molecule has 2 aromatic rings. The number of esters is 1. The van der Waals surface area contributed by atoms with E-state index < -0.39 is 18.0 Å². The second kappa shape index (κ2) is 10.6. The topological polar surface area (TPSA) is 89.4 Å². The maximum atomic E-state index is 12.6. The van der Waals surface area contributed by atoms with E-state index in [1.54, 1.807) is 38.1 Å². The van der Waals surface area contributed by atoms with E-state index >= 15 is 0 Å². The highest BCUT2D eigenvalue weighted by Gasteiger charge is 2.27. The van der Waals surface area contributed by atoms with Crippen LogP contribution >= 0.6 is 0 Å². The summed E-state index contributed by atoms with van der Waals surface area (Å²) in [5.74, 6) is -1.09. The van der Waals surface area contributed by atoms with Crippen molar-refractivity contribution in [2.45, 2.75) is 53.6 Å². The lowest BCUT2D eigenvalue weighted by Crippen LogP contribution is -2.47. The highest BCUT2D eigenvalue weighted by Crippen LogP contribution is 2.17. The van der Waals surface area contributed by atoms with Gasteiger partial charge in [0.2, 0.25) is 5.78 Å². The summed E-state index contributed by atoms with van der Waals surface area (Å²) in [5.41, 5.74) is 3.05. The minimum Gasteiger partial charge on any atom is -0.456 e. The molecule has 30 heavy (non-hydrogen) atoms. The lowest BCUT2D eigenvalue weighted by molar-refractivity contribution is -0.145. The summed E-state index contributed by atoms with van der Waals surface area (Å²) in [6.45, 7) is 10.00. The van der Waals surface area contributed by atoms with Crippen LogP contribution in [-0.2, 0) is 16.1 Å². The fraction of sp³-hybridized carbons (Fsp3) is 0.435. The summed E-state index contributed by atoms with van der Waals surface area (Å²) in [5, 5.41) is 5.30. The molecule has 0 bridgehead atoms. The van der Waals surface area contributed by atoms with Crippen LogP contribution < -0.4 is 10.6 Å². The predicted molar refractivity (Wildman–Crippen MR) is 117 cm³/mol. The van der Waals surface area contributed by atoms with Crippen LogP contribution in [-0.4, -0.2) is 35.0 Å². The van der Waals surface area contributed by atoms with Gasteiger partial charge in [0.1, 0.15) is 6.04 Å². The molecule has 1 aromatic carbocycles. The van der Waals surface area contributed by atoms with Gasteiger partial charge >= 0.3 is 12.0 Å². The van der Waals surface area contributed by atoms with Crippen LogP contribution in [0.3, 0.4) is 0 Å². The summed E-state index contributed by atoms with van der Waals surface area (Å²) in [7, 11) is 0. The maximum absolute atomic E-state index is 12.6. The molecule has 0 aliphatic heterocycles. The first kappa shape index (κ1) is 23.2. The lowest BCUT2D eigenvalue weighted by Gasteiger charge is -2.21. The Bertz CT molecular complexity index is 887. The molecule has 162 valence electrons. The van der Waals surface area contributed by atoms with E-state index in [4.69, 9.17) is 4.74 Å². The van der Waals surface area contributed by atoms with E-state index in [1.165, 1.54) is 0 Å². The van der Waals surface area contributed by atoms with Gasteiger partial charge in [-0.2, -0.15) is 0 Å². The number of ether oxygens (including phenoxy) is 1. The molecule has 2 N–H and O–H groups in total. The molecular formula is C23H31N3O4. The Morgan fingerprint density at radius 2 is 1.77 bits per heavy atom. The molecule has 0 radical (unpaired) electrons. The minimum atomic E-state index is -0.867. The molecule has 1 heterocycles. The normalized spacial score (nSPS) is 11.8. The van der Waals surface area contributed by atoms with Gasteiger partial charge in [-0.05, 0) is 44.4 Å².